The van der Waals surface area contributed by atoms with Crippen molar-refractivity contribution >= 4 is 34.7 Å². The number of carbonyl (C=O) groups excluding carboxylic acids is 3. The van der Waals surface area contributed by atoms with Crippen LogP contribution in [-0.4, -0.2) is 36.9 Å². The van der Waals surface area contributed by atoms with E-state index in [1.54, 1.807) is 42.8 Å². The highest BCUT2D eigenvalue weighted by atomic mass is 32.1. The third-order valence-electron chi connectivity index (χ3n) is 6.36. The molecule has 0 aliphatic heterocycles. The second-order valence-electron chi connectivity index (χ2n) is 9.57. The monoisotopic (exact) mass is 521 g/mol. The van der Waals surface area contributed by atoms with Crippen molar-refractivity contribution in [2.75, 3.05) is 18.6 Å². The number of para-hydroxylation sites is 1. The summed E-state index contributed by atoms with van der Waals surface area (Å²) in [7, 11) is 1.56. The molecule has 37 heavy (non-hydrogen) atoms. The second kappa shape index (κ2) is 12.1. The summed E-state index contributed by atoms with van der Waals surface area (Å²) in [5, 5.41) is 7.64. The summed E-state index contributed by atoms with van der Waals surface area (Å²) in [6.45, 7) is 9.43. The van der Waals surface area contributed by atoms with Crippen LogP contribution in [0.2, 0.25) is 0 Å². The molecule has 2 aromatic carbocycles. The molecule has 1 atom stereocenters. The van der Waals surface area contributed by atoms with Crippen molar-refractivity contribution in [2.45, 2.75) is 52.6 Å². The molecule has 0 radical (unpaired) electrons. The highest BCUT2D eigenvalue weighted by molar-refractivity contribution is 7.12. The first kappa shape index (κ1) is 27.9. The summed E-state index contributed by atoms with van der Waals surface area (Å²) in [6.07, 6.45) is 0.706. The van der Waals surface area contributed by atoms with Gasteiger partial charge in [-0.3, -0.25) is 19.3 Å². The van der Waals surface area contributed by atoms with Gasteiger partial charge in [-0.05, 0) is 74.4 Å². The zero-order valence-electron chi connectivity index (χ0n) is 22.3. The van der Waals surface area contributed by atoms with Crippen molar-refractivity contribution in [3.63, 3.8) is 0 Å². The maximum absolute atomic E-state index is 14.0. The molecule has 1 heterocycles. The lowest BCUT2D eigenvalue weighted by molar-refractivity contribution is -0.127. The maximum atomic E-state index is 14.0. The van der Waals surface area contributed by atoms with Gasteiger partial charge in [0.05, 0.1) is 24.2 Å². The first-order chi connectivity index (χ1) is 17.6. The predicted molar refractivity (Wildman–Crippen MR) is 148 cm³/mol. The Balaban J connectivity index is 2.12. The Morgan fingerprint density at radius 1 is 1.03 bits per heavy atom. The molecule has 196 valence electrons. The number of ether oxygens (including phenoxy) is 1. The van der Waals surface area contributed by atoms with Crippen molar-refractivity contribution in [1.29, 1.82) is 0 Å². The first-order valence-corrected chi connectivity index (χ1v) is 13.1. The van der Waals surface area contributed by atoms with Gasteiger partial charge in [-0.2, -0.15) is 0 Å². The second-order valence-corrected chi connectivity index (χ2v) is 10.5. The van der Waals surface area contributed by atoms with Gasteiger partial charge in [-0.25, -0.2) is 0 Å². The molecule has 3 amide bonds. The summed E-state index contributed by atoms with van der Waals surface area (Å²) < 4.78 is 5.43. The number of nitrogens with one attached hydrogen (secondary N) is 2. The SMILES string of the molecule is CCC(C)(C)NC(=O)C(c1cccc(OC)c1)N(C(=O)CNC(=O)c1cccs1)c1c(C)cccc1C. The summed E-state index contributed by atoms with van der Waals surface area (Å²) in [4.78, 5) is 42.5. The number of anilines is 1. The number of thiophene rings is 1. The normalized spacial score (nSPS) is 11.9. The Morgan fingerprint density at radius 2 is 1.70 bits per heavy atom. The van der Waals surface area contributed by atoms with Crippen molar-refractivity contribution in [3.8, 4) is 5.75 Å². The van der Waals surface area contributed by atoms with Gasteiger partial charge in [0.15, 0.2) is 0 Å². The zero-order valence-corrected chi connectivity index (χ0v) is 23.1. The summed E-state index contributed by atoms with van der Waals surface area (Å²) in [5.74, 6) is -0.482. The van der Waals surface area contributed by atoms with Crippen LogP contribution < -0.4 is 20.3 Å². The van der Waals surface area contributed by atoms with Crippen LogP contribution in [-0.2, 0) is 9.59 Å². The molecule has 0 aliphatic carbocycles. The largest absolute Gasteiger partial charge is 0.497 e. The quantitative estimate of drug-likeness (QED) is 0.385. The molecular formula is C29H35N3O4S. The number of methoxy groups -OCH3 is 1. The molecule has 0 bridgehead atoms. The number of nitrogens with zero attached hydrogens (tertiary/aromatic N) is 1. The zero-order chi connectivity index (χ0) is 27.2. The molecule has 1 aromatic heterocycles. The summed E-state index contributed by atoms with van der Waals surface area (Å²) >= 11 is 1.30. The number of amides is 3. The van der Waals surface area contributed by atoms with Crippen molar-refractivity contribution in [2.24, 2.45) is 0 Å². The molecule has 3 aromatic rings. The van der Waals surface area contributed by atoms with Gasteiger partial charge in [0, 0.05) is 5.54 Å². The van der Waals surface area contributed by atoms with Gasteiger partial charge in [0.2, 0.25) is 11.8 Å². The van der Waals surface area contributed by atoms with E-state index in [0.717, 1.165) is 11.1 Å². The Morgan fingerprint density at radius 3 is 2.30 bits per heavy atom. The smallest absolute Gasteiger partial charge is 0.261 e. The fourth-order valence-electron chi connectivity index (χ4n) is 4.04. The molecule has 2 N–H and O–H groups in total. The van der Waals surface area contributed by atoms with Crippen molar-refractivity contribution < 1.29 is 19.1 Å². The minimum Gasteiger partial charge on any atom is -0.497 e. The van der Waals surface area contributed by atoms with E-state index >= 15 is 0 Å². The van der Waals surface area contributed by atoms with E-state index in [-0.39, 0.29) is 18.4 Å². The lowest BCUT2D eigenvalue weighted by Crippen LogP contribution is -2.52. The number of hydrogen-bond donors (Lipinski definition) is 2. The van der Waals surface area contributed by atoms with Gasteiger partial charge in [0.1, 0.15) is 11.8 Å². The van der Waals surface area contributed by atoms with Crippen molar-refractivity contribution in [1.82, 2.24) is 10.6 Å². The van der Waals surface area contributed by atoms with Crippen LogP contribution in [0, 0.1) is 13.8 Å². The Labute approximate surface area is 222 Å². The molecular weight excluding hydrogens is 486 g/mol. The summed E-state index contributed by atoms with van der Waals surface area (Å²) in [6, 6.07) is 15.4. The number of aryl methyl sites for hydroxylation is 2. The van der Waals surface area contributed by atoms with Crippen LogP contribution in [0.3, 0.4) is 0 Å². The molecule has 0 saturated carbocycles. The van der Waals surface area contributed by atoms with Gasteiger partial charge < -0.3 is 15.4 Å². The van der Waals surface area contributed by atoms with Gasteiger partial charge >= 0.3 is 0 Å². The average Bonchev–Trinajstić information content (AvgIpc) is 3.41. The Bertz CT molecular complexity index is 1230. The lowest BCUT2D eigenvalue weighted by atomic mass is 9.96. The fraction of sp³-hybridized carbons (Fsp3) is 0.345. The third-order valence-corrected chi connectivity index (χ3v) is 7.22. The highest BCUT2D eigenvalue weighted by Gasteiger charge is 2.36. The van der Waals surface area contributed by atoms with Crippen LogP contribution in [0.4, 0.5) is 5.69 Å². The molecule has 0 aliphatic rings. The molecule has 0 fully saturated rings. The average molecular weight is 522 g/mol. The van der Waals surface area contributed by atoms with Crippen LogP contribution >= 0.6 is 11.3 Å². The van der Waals surface area contributed by atoms with Gasteiger partial charge in [-0.15, -0.1) is 11.3 Å². The van der Waals surface area contributed by atoms with Crippen molar-refractivity contribution in [3.05, 3.63) is 81.5 Å². The fourth-order valence-corrected chi connectivity index (χ4v) is 4.68. The minimum absolute atomic E-state index is 0.268. The summed E-state index contributed by atoms with van der Waals surface area (Å²) in [5.41, 5.74) is 2.43. The molecule has 7 nitrogen and oxygen atoms in total. The first-order valence-electron chi connectivity index (χ1n) is 12.2. The Kier molecular flexibility index (Phi) is 9.10. The van der Waals surface area contributed by atoms with E-state index in [9.17, 15) is 14.4 Å². The molecule has 0 spiro atoms. The molecule has 1 unspecified atom stereocenters. The topological polar surface area (TPSA) is 87.7 Å². The number of hydrogen-bond acceptors (Lipinski definition) is 5. The molecule has 3 rings (SSSR count). The molecule has 8 heteroatoms. The third kappa shape index (κ3) is 6.77. The van der Waals surface area contributed by atoms with Crippen LogP contribution in [0.15, 0.2) is 60.0 Å². The van der Waals surface area contributed by atoms with Gasteiger partial charge in [-0.1, -0.05) is 43.3 Å². The van der Waals surface area contributed by atoms with E-state index < -0.39 is 17.5 Å². The number of carbonyl (C=O) groups is 3. The highest BCUT2D eigenvalue weighted by Crippen LogP contribution is 2.34. The standard InChI is InChI=1S/C29H35N3O4S/c1-7-29(4,5)31-28(35)26(21-13-9-14-22(17-21)36-6)32(25-19(2)11-8-12-20(25)3)24(33)18-30-27(34)23-15-10-16-37-23/h8-17,26H,7,18H2,1-6H3,(H,30,34)(H,31,35). The predicted octanol–water partition coefficient (Wildman–Crippen LogP) is 5.18. The lowest BCUT2D eigenvalue weighted by Gasteiger charge is -2.36. The van der Waals surface area contributed by atoms with E-state index in [1.165, 1.54) is 16.2 Å². The van der Waals surface area contributed by atoms with Gasteiger partial charge in [0.25, 0.3) is 5.91 Å². The van der Waals surface area contributed by atoms with E-state index in [2.05, 4.69) is 10.6 Å². The van der Waals surface area contributed by atoms with E-state index in [1.807, 2.05) is 58.9 Å². The number of rotatable bonds is 10. The maximum Gasteiger partial charge on any atom is 0.261 e. The van der Waals surface area contributed by atoms with Crippen LogP contribution in [0.1, 0.15) is 59.6 Å². The van der Waals surface area contributed by atoms with Crippen LogP contribution in [0.5, 0.6) is 5.75 Å². The number of benzene rings is 2. The minimum atomic E-state index is -0.994. The van der Waals surface area contributed by atoms with E-state index in [4.69, 9.17) is 4.74 Å². The van der Waals surface area contributed by atoms with E-state index in [0.29, 0.717) is 28.3 Å². The molecule has 0 saturated heterocycles. The Hall–Kier alpha value is -3.65. The van der Waals surface area contributed by atoms with Crippen LogP contribution in [0.25, 0.3) is 0 Å².